The highest BCUT2D eigenvalue weighted by atomic mass is 32.2. The van der Waals surface area contributed by atoms with E-state index in [2.05, 4.69) is 42.6 Å². The number of anilines is 2. The summed E-state index contributed by atoms with van der Waals surface area (Å²) in [4.78, 5) is 30.5. The molecule has 1 unspecified atom stereocenters. The second kappa shape index (κ2) is 11.2. The first kappa shape index (κ1) is 24.6. The molecule has 0 aliphatic rings. The highest BCUT2D eigenvalue weighted by Crippen LogP contribution is 2.33. The van der Waals surface area contributed by atoms with E-state index in [4.69, 9.17) is 4.74 Å². The summed E-state index contributed by atoms with van der Waals surface area (Å²) in [5.74, 6) is 0.497. The number of carbonyl (C=O) groups is 2. The molecule has 0 spiro atoms. The van der Waals surface area contributed by atoms with Gasteiger partial charge >= 0.3 is 5.97 Å². The standard InChI is InChI=1S/C25H32N4O3S/c1-16(2)14-29-23(25(31)32-4)22(28-21(30)11-18-9-7-6-8-10-18)20-12-19(13-26-24(20)29)27-17(3)15-33-5/h6-10,12-13,16-17,27H,11,14-15H2,1-5H3,(H,28,30). The number of aromatic nitrogens is 2. The molecule has 0 saturated heterocycles. The van der Waals surface area contributed by atoms with Crippen LogP contribution in [0.3, 0.4) is 0 Å². The number of ether oxygens (including phenoxy) is 1. The van der Waals surface area contributed by atoms with Crippen LogP contribution in [0.5, 0.6) is 0 Å². The molecule has 3 rings (SSSR count). The van der Waals surface area contributed by atoms with Crippen molar-refractivity contribution in [3.63, 3.8) is 0 Å². The molecule has 0 aliphatic carbocycles. The summed E-state index contributed by atoms with van der Waals surface area (Å²) < 4.78 is 6.94. The van der Waals surface area contributed by atoms with E-state index in [-0.39, 0.29) is 24.3 Å². The van der Waals surface area contributed by atoms with Crippen molar-refractivity contribution in [3.8, 4) is 0 Å². The number of nitrogens with zero attached hydrogens (tertiary/aromatic N) is 2. The van der Waals surface area contributed by atoms with Crippen molar-refractivity contribution in [2.75, 3.05) is 29.8 Å². The number of methoxy groups -OCH3 is 1. The largest absolute Gasteiger partial charge is 0.464 e. The average molecular weight is 469 g/mol. The van der Waals surface area contributed by atoms with Crippen LogP contribution in [0.2, 0.25) is 0 Å². The number of fused-ring (bicyclic) bond motifs is 1. The number of nitrogens with one attached hydrogen (secondary N) is 2. The quantitative estimate of drug-likeness (QED) is 0.415. The van der Waals surface area contributed by atoms with Gasteiger partial charge < -0.3 is 19.9 Å². The summed E-state index contributed by atoms with van der Waals surface area (Å²) in [5, 5.41) is 7.14. The first-order valence-electron chi connectivity index (χ1n) is 11.0. The van der Waals surface area contributed by atoms with E-state index in [0.29, 0.717) is 29.0 Å². The Labute approximate surface area is 199 Å². The predicted octanol–water partition coefficient (Wildman–Crippen LogP) is 4.82. The smallest absolute Gasteiger partial charge is 0.356 e. The van der Waals surface area contributed by atoms with Crippen molar-refractivity contribution in [1.29, 1.82) is 0 Å². The van der Waals surface area contributed by atoms with Crippen LogP contribution < -0.4 is 10.6 Å². The number of benzene rings is 1. The van der Waals surface area contributed by atoms with Crippen LogP contribution >= 0.6 is 11.8 Å². The van der Waals surface area contributed by atoms with Crippen molar-refractivity contribution in [3.05, 3.63) is 53.9 Å². The molecule has 7 nitrogen and oxygen atoms in total. The molecule has 176 valence electrons. The summed E-state index contributed by atoms with van der Waals surface area (Å²) in [6, 6.07) is 11.7. The lowest BCUT2D eigenvalue weighted by atomic mass is 10.1. The third kappa shape index (κ3) is 6.07. The lowest BCUT2D eigenvalue weighted by Crippen LogP contribution is -2.19. The average Bonchev–Trinajstić information content (AvgIpc) is 3.05. The van der Waals surface area contributed by atoms with Crippen molar-refractivity contribution in [2.45, 2.75) is 39.8 Å². The minimum Gasteiger partial charge on any atom is -0.464 e. The van der Waals surface area contributed by atoms with Crippen molar-refractivity contribution in [2.24, 2.45) is 5.92 Å². The second-order valence-electron chi connectivity index (χ2n) is 8.53. The topological polar surface area (TPSA) is 85.2 Å². The molecule has 0 aliphatic heterocycles. The highest BCUT2D eigenvalue weighted by molar-refractivity contribution is 7.98. The Kier molecular flexibility index (Phi) is 8.38. The molecule has 33 heavy (non-hydrogen) atoms. The molecule has 2 N–H and O–H groups in total. The van der Waals surface area contributed by atoms with E-state index in [9.17, 15) is 9.59 Å². The molecule has 0 bridgehead atoms. The molecular weight excluding hydrogens is 436 g/mol. The third-order valence-corrected chi connectivity index (χ3v) is 5.96. The lowest BCUT2D eigenvalue weighted by Gasteiger charge is -2.14. The fourth-order valence-corrected chi connectivity index (χ4v) is 4.41. The molecule has 0 saturated carbocycles. The molecule has 1 atom stereocenters. The first-order chi connectivity index (χ1) is 15.8. The van der Waals surface area contributed by atoms with E-state index >= 15 is 0 Å². The number of amides is 1. The van der Waals surface area contributed by atoms with Gasteiger partial charge in [0.1, 0.15) is 5.65 Å². The number of hydrogen-bond donors (Lipinski definition) is 2. The van der Waals surface area contributed by atoms with Gasteiger partial charge in [0.05, 0.1) is 31.1 Å². The highest BCUT2D eigenvalue weighted by Gasteiger charge is 2.26. The van der Waals surface area contributed by atoms with Gasteiger partial charge in [0, 0.05) is 23.7 Å². The number of esters is 1. The van der Waals surface area contributed by atoms with E-state index in [1.54, 1.807) is 18.0 Å². The molecule has 1 aromatic carbocycles. The summed E-state index contributed by atoms with van der Waals surface area (Å²) >= 11 is 1.76. The molecule has 0 radical (unpaired) electrons. The molecule has 1 amide bonds. The number of pyridine rings is 1. The Morgan fingerprint density at radius 1 is 1.18 bits per heavy atom. The minimum atomic E-state index is -0.506. The number of carbonyl (C=O) groups excluding carboxylic acids is 2. The second-order valence-corrected chi connectivity index (χ2v) is 9.44. The van der Waals surface area contributed by atoms with Gasteiger partial charge in [0.2, 0.25) is 5.91 Å². The van der Waals surface area contributed by atoms with Gasteiger partial charge in [-0.05, 0) is 30.7 Å². The van der Waals surface area contributed by atoms with Crippen LogP contribution in [-0.4, -0.2) is 46.6 Å². The predicted molar refractivity (Wildman–Crippen MR) is 136 cm³/mol. The van der Waals surface area contributed by atoms with Gasteiger partial charge in [0.15, 0.2) is 5.69 Å². The Morgan fingerprint density at radius 2 is 1.91 bits per heavy atom. The van der Waals surface area contributed by atoms with Gasteiger partial charge in [0.25, 0.3) is 0 Å². The Balaban J connectivity index is 2.09. The van der Waals surface area contributed by atoms with Crippen molar-refractivity contribution >= 4 is 46.0 Å². The molecule has 8 heteroatoms. The van der Waals surface area contributed by atoms with Crippen LogP contribution in [0.1, 0.15) is 36.8 Å². The maximum absolute atomic E-state index is 13.0. The minimum absolute atomic E-state index is 0.203. The zero-order valence-electron chi connectivity index (χ0n) is 19.8. The zero-order valence-corrected chi connectivity index (χ0v) is 20.7. The molecule has 2 aromatic heterocycles. The molecule has 2 heterocycles. The SMILES string of the molecule is COC(=O)c1c(NC(=O)Cc2ccccc2)c2cc(NC(C)CSC)cnc2n1CC(C)C. The Bertz CT molecular complexity index is 1110. The van der Waals surface area contributed by atoms with Gasteiger partial charge in [-0.25, -0.2) is 9.78 Å². The van der Waals surface area contributed by atoms with Crippen LogP contribution in [0.4, 0.5) is 11.4 Å². The zero-order chi connectivity index (χ0) is 24.0. The summed E-state index contributed by atoms with van der Waals surface area (Å²) in [5.41, 5.74) is 3.12. The van der Waals surface area contributed by atoms with E-state index in [1.165, 1.54) is 7.11 Å². The van der Waals surface area contributed by atoms with E-state index in [1.807, 2.05) is 41.0 Å². The van der Waals surface area contributed by atoms with Gasteiger partial charge in [-0.3, -0.25) is 4.79 Å². The van der Waals surface area contributed by atoms with Gasteiger partial charge in [-0.1, -0.05) is 44.2 Å². The normalized spacial score (nSPS) is 12.1. The fraction of sp³-hybridized carbons (Fsp3) is 0.400. The molecule has 0 fully saturated rings. The van der Waals surface area contributed by atoms with Crippen LogP contribution in [0, 0.1) is 5.92 Å². The number of thioether (sulfide) groups is 1. The van der Waals surface area contributed by atoms with Gasteiger partial charge in [-0.2, -0.15) is 11.8 Å². The van der Waals surface area contributed by atoms with Crippen LogP contribution in [0.15, 0.2) is 42.6 Å². The van der Waals surface area contributed by atoms with Crippen LogP contribution in [0.25, 0.3) is 11.0 Å². The lowest BCUT2D eigenvalue weighted by molar-refractivity contribution is -0.115. The van der Waals surface area contributed by atoms with Crippen molar-refractivity contribution in [1.82, 2.24) is 9.55 Å². The number of hydrogen-bond acceptors (Lipinski definition) is 6. The fourth-order valence-electron chi connectivity index (χ4n) is 3.82. The van der Waals surface area contributed by atoms with E-state index in [0.717, 1.165) is 17.0 Å². The first-order valence-corrected chi connectivity index (χ1v) is 12.4. The Morgan fingerprint density at radius 3 is 2.55 bits per heavy atom. The summed E-state index contributed by atoms with van der Waals surface area (Å²) in [6.07, 6.45) is 4.04. The summed E-state index contributed by atoms with van der Waals surface area (Å²) in [6.45, 7) is 6.81. The van der Waals surface area contributed by atoms with E-state index < -0.39 is 5.97 Å². The number of rotatable bonds is 10. The monoisotopic (exact) mass is 468 g/mol. The van der Waals surface area contributed by atoms with Crippen molar-refractivity contribution < 1.29 is 14.3 Å². The summed E-state index contributed by atoms with van der Waals surface area (Å²) in [7, 11) is 1.35. The third-order valence-electron chi connectivity index (χ3n) is 5.13. The molecule has 3 aromatic rings. The maximum Gasteiger partial charge on any atom is 0.356 e. The van der Waals surface area contributed by atoms with Crippen LogP contribution in [-0.2, 0) is 22.5 Å². The maximum atomic E-state index is 13.0. The van der Waals surface area contributed by atoms with Gasteiger partial charge in [-0.15, -0.1) is 0 Å². The molecular formula is C25H32N4O3S. The Hall–Kier alpha value is -3.00.